The van der Waals surface area contributed by atoms with Gasteiger partial charge in [0.05, 0.1) is 5.75 Å². The zero-order valence-corrected chi connectivity index (χ0v) is 12.2. The molecule has 0 fully saturated rings. The first-order valence-electron chi connectivity index (χ1n) is 6.84. The lowest BCUT2D eigenvalue weighted by molar-refractivity contribution is 0.595. The van der Waals surface area contributed by atoms with E-state index in [1.54, 1.807) is 24.3 Å². The second kappa shape index (κ2) is 5.48. The number of nitrogens with zero attached hydrogens (tertiary/aromatic N) is 2. The molecule has 5 nitrogen and oxygen atoms in total. The number of aromatic nitrogens is 2. The molecule has 112 valence electrons. The number of rotatable bonds is 5. The van der Waals surface area contributed by atoms with Gasteiger partial charge < -0.3 is 0 Å². The molecule has 1 aliphatic heterocycles. The van der Waals surface area contributed by atoms with E-state index < -0.39 is 10.0 Å². The molecule has 2 heterocycles. The van der Waals surface area contributed by atoms with Crippen LogP contribution in [0.3, 0.4) is 0 Å². The maximum atomic E-state index is 13.5. The third-order valence-electron chi connectivity index (χ3n) is 3.52. The summed E-state index contributed by atoms with van der Waals surface area (Å²) < 4.78 is 41.8. The van der Waals surface area contributed by atoms with E-state index in [0.717, 1.165) is 25.1 Å². The van der Waals surface area contributed by atoms with Crippen LogP contribution in [0.25, 0.3) is 0 Å². The first-order valence-corrected chi connectivity index (χ1v) is 8.49. The highest BCUT2D eigenvalue weighted by atomic mass is 32.2. The van der Waals surface area contributed by atoms with E-state index in [1.165, 1.54) is 6.07 Å². The molecule has 3 rings (SSSR count). The third-order valence-corrected chi connectivity index (χ3v) is 4.79. The Balaban J connectivity index is 1.65. The molecule has 0 saturated carbocycles. The summed E-state index contributed by atoms with van der Waals surface area (Å²) in [7, 11) is -3.53. The molecule has 0 aliphatic carbocycles. The summed E-state index contributed by atoms with van der Waals surface area (Å²) in [6.07, 6.45) is 2.10. The van der Waals surface area contributed by atoms with Gasteiger partial charge in [-0.1, -0.05) is 18.2 Å². The summed E-state index contributed by atoms with van der Waals surface area (Å²) in [5, 5.41) is 4.20. The van der Waals surface area contributed by atoms with Gasteiger partial charge in [0.25, 0.3) is 0 Å². The summed E-state index contributed by atoms with van der Waals surface area (Å²) in [5.41, 5.74) is 1.44. The Bertz CT molecular complexity index is 734. The number of hydrogen-bond acceptors (Lipinski definition) is 3. The van der Waals surface area contributed by atoms with E-state index in [-0.39, 0.29) is 18.0 Å². The predicted molar refractivity (Wildman–Crippen MR) is 78.1 cm³/mol. The Morgan fingerprint density at radius 3 is 2.90 bits per heavy atom. The summed E-state index contributed by atoms with van der Waals surface area (Å²) >= 11 is 0. The number of sulfonamides is 1. The second-order valence-corrected chi connectivity index (χ2v) is 6.95. The van der Waals surface area contributed by atoms with Crippen molar-refractivity contribution in [3.05, 3.63) is 47.4 Å². The Morgan fingerprint density at radius 1 is 1.33 bits per heavy atom. The van der Waals surface area contributed by atoms with Crippen LogP contribution in [-0.2, 0) is 29.4 Å². The zero-order chi connectivity index (χ0) is 14.9. The summed E-state index contributed by atoms with van der Waals surface area (Å²) in [6.45, 7) is 0.826. The number of nitrogens with one attached hydrogen (secondary N) is 1. The van der Waals surface area contributed by atoms with Crippen molar-refractivity contribution in [2.45, 2.75) is 25.8 Å². The number of halogens is 1. The number of fused-ring (bicyclic) bond motifs is 1. The molecule has 0 radical (unpaired) electrons. The van der Waals surface area contributed by atoms with Crippen LogP contribution in [0.2, 0.25) is 0 Å². The number of hydrogen-bond donors (Lipinski definition) is 1. The van der Waals surface area contributed by atoms with E-state index >= 15 is 0 Å². The van der Waals surface area contributed by atoms with Gasteiger partial charge in [0.15, 0.2) is 5.82 Å². The van der Waals surface area contributed by atoms with Gasteiger partial charge >= 0.3 is 0 Å². The van der Waals surface area contributed by atoms with Crippen molar-refractivity contribution in [1.82, 2.24) is 9.78 Å². The number of benzene rings is 1. The van der Waals surface area contributed by atoms with Crippen LogP contribution in [0.1, 0.15) is 17.7 Å². The largest absolute Gasteiger partial charge is 0.267 e. The maximum Gasteiger partial charge on any atom is 0.234 e. The minimum Gasteiger partial charge on any atom is -0.267 e. The molecule has 1 aliphatic rings. The summed E-state index contributed by atoms with van der Waals surface area (Å²) in [4.78, 5) is 0. The second-order valence-electron chi connectivity index (χ2n) is 5.11. The third kappa shape index (κ3) is 3.24. The minimum atomic E-state index is -3.53. The van der Waals surface area contributed by atoms with E-state index in [9.17, 15) is 12.8 Å². The summed E-state index contributed by atoms with van der Waals surface area (Å²) in [5.74, 6) is -0.206. The highest BCUT2D eigenvalue weighted by Gasteiger charge is 2.18. The van der Waals surface area contributed by atoms with Gasteiger partial charge in [-0.15, -0.1) is 0 Å². The molecule has 1 aromatic heterocycles. The predicted octanol–water partition coefficient (Wildman–Crippen LogP) is 1.95. The lowest BCUT2D eigenvalue weighted by Gasteiger charge is -2.06. The van der Waals surface area contributed by atoms with Gasteiger partial charge in [0.2, 0.25) is 10.0 Å². The van der Waals surface area contributed by atoms with Crippen molar-refractivity contribution in [1.29, 1.82) is 0 Å². The van der Waals surface area contributed by atoms with Gasteiger partial charge in [-0.05, 0) is 30.9 Å². The Morgan fingerprint density at radius 2 is 2.14 bits per heavy atom. The number of anilines is 1. The lowest BCUT2D eigenvalue weighted by atomic mass is 10.2. The first kappa shape index (κ1) is 14.1. The van der Waals surface area contributed by atoms with Gasteiger partial charge in [-0.3, -0.25) is 9.40 Å². The molecule has 0 spiro atoms. The Hall–Kier alpha value is -1.89. The molecule has 7 heteroatoms. The highest BCUT2D eigenvalue weighted by Crippen LogP contribution is 2.19. The van der Waals surface area contributed by atoms with Crippen LogP contribution in [0, 0.1) is 5.82 Å². The SMILES string of the molecule is O=S(=O)(CCc1ccccc1F)Nc1cc2n(n1)CCC2. The molecular formula is C14H16FN3O2S. The van der Waals surface area contributed by atoms with Crippen LogP contribution < -0.4 is 4.72 Å². The van der Waals surface area contributed by atoms with Crippen LogP contribution >= 0.6 is 0 Å². The van der Waals surface area contributed by atoms with E-state index in [4.69, 9.17) is 0 Å². The van der Waals surface area contributed by atoms with E-state index in [2.05, 4.69) is 9.82 Å². The van der Waals surface area contributed by atoms with Gasteiger partial charge in [-0.25, -0.2) is 12.8 Å². The fourth-order valence-corrected chi connectivity index (χ4v) is 3.48. The van der Waals surface area contributed by atoms with Gasteiger partial charge in [-0.2, -0.15) is 5.10 Å². The summed E-state index contributed by atoms with van der Waals surface area (Å²) in [6, 6.07) is 7.95. The van der Waals surface area contributed by atoms with Gasteiger partial charge in [0, 0.05) is 18.3 Å². The Labute approximate surface area is 122 Å². The van der Waals surface area contributed by atoms with Crippen molar-refractivity contribution in [3.8, 4) is 0 Å². The molecule has 0 saturated heterocycles. The molecule has 21 heavy (non-hydrogen) atoms. The quantitative estimate of drug-likeness (QED) is 0.918. The molecule has 1 N–H and O–H groups in total. The monoisotopic (exact) mass is 309 g/mol. The minimum absolute atomic E-state index is 0.134. The lowest BCUT2D eigenvalue weighted by Crippen LogP contribution is -2.19. The van der Waals surface area contributed by atoms with E-state index in [0.29, 0.717) is 11.4 Å². The molecule has 0 amide bonds. The van der Waals surface area contributed by atoms with Gasteiger partial charge in [0.1, 0.15) is 5.82 Å². The number of aryl methyl sites for hydroxylation is 3. The molecule has 1 aromatic carbocycles. The average molecular weight is 309 g/mol. The first-order chi connectivity index (χ1) is 10.0. The Kier molecular flexibility index (Phi) is 3.67. The normalized spacial score (nSPS) is 14.1. The standard InChI is InChI=1S/C14H16FN3O2S/c15-13-6-2-1-4-11(13)7-9-21(19,20)17-14-10-12-5-3-8-18(12)16-14/h1-2,4,6,10H,3,5,7-9H2,(H,16,17). The fraction of sp³-hybridized carbons (Fsp3) is 0.357. The smallest absolute Gasteiger partial charge is 0.234 e. The highest BCUT2D eigenvalue weighted by molar-refractivity contribution is 7.92. The van der Waals surface area contributed by atoms with Crippen LogP contribution in [0.4, 0.5) is 10.2 Å². The molecule has 0 atom stereocenters. The van der Waals surface area contributed by atoms with Crippen molar-refractivity contribution in [2.75, 3.05) is 10.5 Å². The molecule has 0 bridgehead atoms. The van der Waals surface area contributed by atoms with Crippen LogP contribution in [-0.4, -0.2) is 24.0 Å². The van der Waals surface area contributed by atoms with Crippen molar-refractivity contribution in [2.24, 2.45) is 0 Å². The maximum absolute atomic E-state index is 13.5. The van der Waals surface area contributed by atoms with E-state index in [1.807, 2.05) is 4.68 Å². The zero-order valence-electron chi connectivity index (χ0n) is 11.4. The topological polar surface area (TPSA) is 64.0 Å². The molecule has 0 unspecified atom stereocenters. The van der Waals surface area contributed by atoms with Crippen molar-refractivity contribution in [3.63, 3.8) is 0 Å². The molecular weight excluding hydrogens is 293 g/mol. The van der Waals surface area contributed by atoms with Crippen molar-refractivity contribution >= 4 is 15.8 Å². The molecule has 2 aromatic rings. The van der Waals surface area contributed by atoms with Crippen molar-refractivity contribution < 1.29 is 12.8 Å². The average Bonchev–Trinajstić information content (AvgIpc) is 2.98. The van der Waals surface area contributed by atoms with Crippen LogP contribution in [0.5, 0.6) is 0 Å². The fourth-order valence-electron chi connectivity index (χ4n) is 2.47. The van der Waals surface area contributed by atoms with Crippen LogP contribution in [0.15, 0.2) is 30.3 Å².